The Labute approximate surface area is 250 Å². The van der Waals surface area contributed by atoms with Crippen molar-refractivity contribution in [2.24, 2.45) is 39.9 Å². The van der Waals surface area contributed by atoms with Gasteiger partial charge >= 0.3 is 18.1 Å². The smallest absolute Gasteiger partial charge is 0.461 e. The van der Waals surface area contributed by atoms with Crippen molar-refractivity contribution in [2.45, 2.75) is 109 Å². The summed E-state index contributed by atoms with van der Waals surface area (Å²) in [5, 5.41) is 24.0. The summed E-state index contributed by atoms with van der Waals surface area (Å²) < 4.78 is 43.5. The molecular formula is C31H46F3NO6S. The number of halogens is 3. The topological polar surface area (TPSA) is 113 Å². The first-order chi connectivity index (χ1) is 19.5. The normalized spacial score (nSPS) is 43.7. The first-order valence-electron chi connectivity index (χ1n) is 15.2. The summed E-state index contributed by atoms with van der Waals surface area (Å²) in [5.74, 6) is -2.87. The highest BCUT2D eigenvalue weighted by atomic mass is 32.2. The predicted molar refractivity (Wildman–Crippen MR) is 153 cm³/mol. The van der Waals surface area contributed by atoms with E-state index < -0.39 is 47.2 Å². The van der Waals surface area contributed by atoms with Crippen molar-refractivity contribution in [1.82, 2.24) is 5.32 Å². The highest BCUT2D eigenvalue weighted by molar-refractivity contribution is 8.00. The van der Waals surface area contributed by atoms with Crippen LogP contribution in [0.5, 0.6) is 0 Å². The van der Waals surface area contributed by atoms with Crippen LogP contribution in [0.1, 0.15) is 79.1 Å². The molecule has 0 spiro atoms. The summed E-state index contributed by atoms with van der Waals surface area (Å²) in [5.41, 5.74) is -1.69. The average Bonchev–Trinajstić information content (AvgIpc) is 3.47. The molecule has 11 atom stereocenters. The molecule has 0 aliphatic heterocycles. The first-order valence-corrected chi connectivity index (χ1v) is 16.2. The van der Waals surface area contributed by atoms with E-state index in [1.165, 1.54) is 11.8 Å². The number of rotatable bonds is 8. The van der Waals surface area contributed by atoms with Crippen molar-refractivity contribution in [3.05, 3.63) is 12.7 Å². The number of amides is 1. The van der Waals surface area contributed by atoms with Gasteiger partial charge in [0.05, 0.1) is 18.0 Å². The van der Waals surface area contributed by atoms with Crippen molar-refractivity contribution in [3.8, 4) is 0 Å². The molecule has 11 heteroatoms. The fraction of sp³-hybridized carbons (Fsp3) is 0.839. The standard InChI is InChI=1S/C31H46F3NO6S/c1-6-28(4)15-22(29(5)17(2)9-12-30(18(3)26(28)39)13-10-20(36)25(29)30)41-23(37)16-42-21-8-7-19(24(21)38)11-14-35-27(40)31(32,33)34/h6,17-19,21-22,24-26,38-39H,1,7-16H2,2-5H3,(H,35,40)/t17?,18-,19-,21+,22+,24+,25-,26?,28+,29-,30?/m0/s1. The lowest BCUT2D eigenvalue weighted by Gasteiger charge is -2.61. The molecule has 4 aliphatic rings. The van der Waals surface area contributed by atoms with Crippen LogP contribution >= 0.6 is 11.8 Å². The molecule has 0 radical (unpaired) electrons. The largest absolute Gasteiger partial charge is 0.471 e. The van der Waals surface area contributed by atoms with Gasteiger partial charge in [-0.2, -0.15) is 13.2 Å². The Hall–Kier alpha value is -1.59. The minimum absolute atomic E-state index is 0.0201. The number of alkyl halides is 3. The zero-order valence-corrected chi connectivity index (χ0v) is 25.9. The fourth-order valence-corrected chi connectivity index (χ4v) is 10.0. The molecule has 1 amide bonds. The molecule has 3 N–H and O–H groups in total. The second kappa shape index (κ2) is 12.1. The monoisotopic (exact) mass is 617 g/mol. The summed E-state index contributed by atoms with van der Waals surface area (Å²) in [6.45, 7) is 12.1. The van der Waals surface area contributed by atoms with Gasteiger partial charge in [-0.25, -0.2) is 0 Å². The minimum Gasteiger partial charge on any atom is -0.461 e. The maximum atomic E-state index is 13.5. The van der Waals surface area contributed by atoms with Crippen LogP contribution in [-0.4, -0.2) is 69.9 Å². The molecule has 0 aromatic rings. The van der Waals surface area contributed by atoms with Gasteiger partial charge in [0.25, 0.3) is 0 Å². The number of hydrogen-bond acceptors (Lipinski definition) is 7. The molecule has 42 heavy (non-hydrogen) atoms. The Morgan fingerprint density at radius 1 is 1.17 bits per heavy atom. The van der Waals surface area contributed by atoms with E-state index in [-0.39, 0.29) is 58.8 Å². The molecule has 0 aromatic carbocycles. The molecule has 3 unspecified atom stereocenters. The molecule has 4 rings (SSSR count). The highest BCUT2D eigenvalue weighted by Gasteiger charge is 2.68. The highest BCUT2D eigenvalue weighted by Crippen LogP contribution is 2.68. The molecular weight excluding hydrogens is 571 g/mol. The second-order valence-electron chi connectivity index (χ2n) is 13.8. The molecule has 4 fully saturated rings. The zero-order chi connectivity index (χ0) is 31.3. The Kier molecular flexibility index (Phi) is 9.57. The van der Waals surface area contributed by atoms with Gasteiger partial charge in [0.15, 0.2) is 0 Å². The SMILES string of the molecule is C=C[C@]1(C)C[C@@H](OC(=O)CS[C@@H]2CC[C@@H](CCNC(=O)C(F)(F)F)[C@H]2O)[C@]2(C)C(C)CCC3(CCC(=O)[C@H]32)[C@@H](C)C1O. The molecule has 0 aromatic heterocycles. The molecule has 4 aliphatic carbocycles. The van der Waals surface area contributed by atoms with Crippen LogP contribution in [-0.2, 0) is 19.1 Å². The van der Waals surface area contributed by atoms with Gasteiger partial charge in [-0.05, 0) is 68.1 Å². The van der Waals surface area contributed by atoms with E-state index in [9.17, 15) is 37.8 Å². The van der Waals surface area contributed by atoms with E-state index in [2.05, 4.69) is 27.4 Å². The van der Waals surface area contributed by atoms with Gasteiger partial charge in [0, 0.05) is 35.0 Å². The van der Waals surface area contributed by atoms with E-state index in [4.69, 9.17) is 4.74 Å². The maximum Gasteiger partial charge on any atom is 0.471 e. The quantitative estimate of drug-likeness (QED) is 0.264. The number of esters is 1. The average molecular weight is 618 g/mol. The summed E-state index contributed by atoms with van der Waals surface area (Å²) in [4.78, 5) is 37.9. The number of Topliss-reactive ketones (excluding diaryl/α,β-unsaturated/α-hetero) is 1. The number of carbonyl (C=O) groups is 3. The number of carbonyl (C=O) groups excluding carboxylic acids is 3. The van der Waals surface area contributed by atoms with Crippen molar-refractivity contribution in [1.29, 1.82) is 0 Å². The molecule has 4 saturated carbocycles. The van der Waals surface area contributed by atoms with Crippen LogP contribution in [0.4, 0.5) is 13.2 Å². The molecule has 7 nitrogen and oxygen atoms in total. The van der Waals surface area contributed by atoms with Gasteiger partial charge < -0.3 is 20.3 Å². The number of ether oxygens (including phenoxy) is 1. The Balaban J connectivity index is 1.45. The lowest BCUT2D eigenvalue weighted by molar-refractivity contribution is -0.205. The lowest BCUT2D eigenvalue weighted by Crippen LogP contribution is -2.63. The third-order valence-corrected chi connectivity index (χ3v) is 13.1. The molecule has 0 heterocycles. The van der Waals surface area contributed by atoms with Crippen LogP contribution in [0.3, 0.4) is 0 Å². The van der Waals surface area contributed by atoms with E-state index in [1.807, 2.05) is 12.2 Å². The Morgan fingerprint density at radius 2 is 1.86 bits per heavy atom. The summed E-state index contributed by atoms with van der Waals surface area (Å²) in [6.07, 6.45) is -0.729. The van der Waals surface area contributed by atoms with E-state index in [0.717, 1.165) is 19.3 Å². The van der Waals surface area contributed by atoms with Crippen molar-refractivity contribution in [2.75, 3.05) is 12.3 Å². The van der Waals surface area contributed by atoms with Gasteiger partial charge in [0.2, 0.25) is 0 Å². The maximum absolute atomic E-state index is 13.5. The molecule has 2 bridgehead atoms. The predicted octanol–water partition coefficient (Wildman–Crippen LogP) is 4.83. The number of nitrogens with one attached hydrogen (secondary N) is 1. The third kappa shape index (κ3) is 5.78. The zero-order valence-electron chi connectivity index (χ0n) is 25.0. The van der Waals surface area contributed by atoms with Crippen LogP contribution in [0.25, 0.3) is 0 Å². The number of aliphatic hydroxyl groups is 2. The lowest BCUT2D eigenvalue weighted by atomic mass is 9.44. The Bertz CT molecular complexity index is 1070. The van der Waals surface area contributed by atoms with Crippen molar-refractivity contribution in [3.63, 3.8) is 0 Å². The van der Waals surface area contributed by atoms with Gasteiger partial charge in [-0.15, -0.1) is 18.3 Å². The van der Waals surface area contributed by atoms with E-state index in [1.54, 1.807) is 6.08 Å². The fourth-order valence-electron chi connectivity index (χ4n) is 8.86. The van der Waals surface area contributed by atoms with E-state index >= 15 is 0 Å². The van der Waals surface area contributed by atoms with Crippen LogP contribution in [0.2, 0.25) is 0 Å². The first kappa shape index (κ1) is 33.3. The van der Waals surface area contributed by atoms with Gasteiger partial charge in [-0.1, -0.05) is 33.8 Å². The number of thioether (sulfide) groups is 1. The summed E-state index contributed by atoms with van der Waals surface area (Å²) in [6, 6.07) is 0. The van der Waals surface area contributed by atoms with E-state index in [0.29, 0.717) is 25.7 Å². The molecule has 0 saturated heterocycles. The summed E-state index contributed by atoms with van der Waals surface area (Å²) in [7, 11) is 0. The second-order valence-corrected chi connectivity index (χ2v) is 15.0. The van der Waals surface area contributed by atoms with Gasteiger partial charge in [0.1, 0.15) is 11.9 Å². The number of ketones is 1. The third-order valence-electron chi connectivity index (χ3n) is 11.7. The minimum atomic E-state index is -4.94. The number of aliphatic hydroxyl groups excluding tert-OH is 2. The molecule has 238 valence electrons. The van der Waals surface area contributed by atoms with Crippen molar-refractivity contribution >= 4 is 29.4 Å². The Morgan fingerprint density at radius 3 is 2.50 bits per heavy atom. The van der Waals surface area contributed by atoms with Gasteiger partial charge in [-0.3, -0.25) is 14.4 Å². The van der Waals surface area contributed by atoms with Crippen LogP contribution < -0.4 is 5.32 Å². The van der Waals surface area contributed by atoms with Crippen LogP contribution in [0.15, 0.2) is 12.7 Å². The van der Waals surface area contributed by atoms with Crippen LogP contribution in [0, 0.1) is 39.9 Å². The van der Waals surface area contributed by atoms with Crippen molar-refractivity contribution < 1.29 is 42.5 Å². The summed E-state index contributed by atoms with van der Waals surface area (Å²) >= 11 is 1.27. The number of hydrogen-bond donors (Lipinski definition) is 3.